The van der Waals surface area contributed by atoms with Crippen molar-refractivity contribution in [2.75, 3.05) is 26.1 Å². The van der Waals surface area contributed by atoms with Gasteiger partial charge in [0.2, 0.25) is 0 Å². The first-order valence-electron chi connectivity index (χ1n) is 8.98. The Morgan fingerprint density at radius 1 is 1.03 bits per heavy atom. The molecule has 0 fully saturated rings. The van der Waals surface area contributed by atoms with Crippen LogP contribution < -0.4 is 14.8 Å². The number of nitrogens with one attached hydrogen (secondary N) is 1. The lowest BCUT2D eigenvalue weighted by Crippen LogP contribution is -2.21. The lowest BCUT2D eigenvalue weighted by molar-refractivity contribution is -0.118. The Morgan fingerprint density at radius 3 is 2.33 bits per heavy atom. The molecule has 0 aliphatic rings. The molecule has 1 heterocycles. The minimum Gasteiger partial charge on any atom is -0.493 e. The SMILES string of the molecule is COC(=O)c1c(NC(=O)COc2ccccc2OC)sc(C)c1-c1ccc(F)cc1. The van der Waals surface area contributed by atoms with Crippen LogP contribution in [0.2, 0.25) is 0 Å². The maximum Gasteiger partial charge on any atom is 0.341 e. The van der Waals surface area contributed by atoms with Crippen LogP contribution in [0.5, 0.6) is 11.5 Å². The van der Waals surface area contributed by atoms with Gasteiger partial charge in [-0.2, -0.15) is 0 Å². The number of para-hydroxylation sites is 2. The molecular formula is C22H20FNO5S. The Hall–Kier alpha value is -3.39. The van der Waals surface area contributed by atoms with Crippen molar-refractivity contribution in [1.82, 2.24) is 0 Å². The molecule has 1 N–H and O–H groups in total. The van der Waals surface area contributed by atoms with E-state index in [4.69, 9.17) is 14.2 Å². The molecule has 8 heteroatoms. The van der Waals surface area contributed by atoms with Crippen molar-refractivity contribution in [3.63, 3.8) is 0 Å². The van der Waals surface area contributed by atoms with Gasteiger partial charge < -0.3 is 19.5 Å². The molecule has 0 bridgehead atoms. The number of amides is 1. The van der Waals surface area contributed by atoms with Gasteiger partial charge in [0.25, 0.3) is 5.91 Å². The van der Waals surface area contributed by atoms with Crippen LogP contribution in [-0.2, 0) is 9.53 Å². The van der Waals surface area contributed by atoms with E-state index in [-0.39, 0.29) is 18.0 Å². The standard InChI is InChI=1S/C22H20FNO5S/c1-13-19(14-8-10-15(23)11-9-14)20(22(26)28-3)21(30-13)24-18(25)12-29-17-7-5-4-6-16(17)27-2/h4-11H,12H2,1-3H3,(H,24,25). The number of esters is 1. The number of anilines is 1. The fourth-order valence-corrected chi connectivity index (χ4v) is 4.02. The Labute approximate surface area is 177 Å². The topological polar surface area (TPSA) is 73.9 Å². The van der Waals surface area contributed by atoms with Crippen LogP contribution in [0.15, 0.2) is 48.5 Å². The molecule has 1 amide bonds. The molecule has 2 aromatic carbocycles. The summed E-state index contributed by atoms with van der Waals surface area (Å²) in [5, 5.41) is 3.05. The van der Waals surface area contributed by atoms with E-state index >= 15 is 0 Å². The van der Waals surface area contributed by atoms with Gasteiger partial charge in [-0.25, -0.2) is 9.18 Å². The van der Waals surface area contributed by atoms with Crippen LogP contribution in [-0.4, -0.2) is 32.7 Å². The molecule has 1 aromatic heterocycles. The summed E-state index contributed by atoms with van der Waals surface area (Å²) in [5.41, 5.74) is 1.46. The van der Waals surface area contributed by atoms with Crippen LogP contribution in [0, 0.1) is 12.7 Å². The molecule has 30 heavy (non-hydrogen) atoms. The maximum absolute atomic E-state index is 13.3. The lowest BCUT2D eigenvalue weighted by atomic mass is 10.0. The molecule has 6 nitrogen and oxygen atoms in total. The van der Waals surface area contributed by atoms with Crippen LogP contribution in [0.4, 0.5) is 9.39 Å². The van der Waals surface area contributed by atoms with E-state index in [2.05, 4.69) is 5.32 Å². The number of aryl methyl sites for hydroxylation is 1. The molecule has 0 saturated heterocycles. The number of hydrogen-bond acceptors (Lipinski definition) is 6. The number of ether oxygens (including phenoxy) is 3. The molecular weight excluding hydrogens is 409 g/mol. The summed E-state index contributed by atoms with van der Waals surface area (Å²) in [4.78, 5) is 25.7. The lowest BCUT2D eigenvalue weighted by Gasteiger charge is -2.11. The van der Waals surface area contributed by atoms with Crippen molar-refractivity contribution in [1.29, 1.82) is 0 Å². The van der Waals surface area contributed by atoms with Crippen molar-refractivity contribution in [3.05, 3.63) is 64.8 Å². The molecule has 0 aliphatic heterocycles. The summed E-state index contributed by atoms with van der Waals surface area (Å²) in [7, 11) is 2.77. The van der Waals surface area contributed by atoms with E-state index in [9.17, 15) is 14.0 Å². The number of halogens is 1. The molecule has 156 valence electrons. The minimum absolute atomic E-state index is 0.220. The number of carbonyl (C=O) groups is 2. The number of hydrogen-bond donors (Lipinski definition) is 1. The second-order valence-electron chi connectivity index (χ2n) is 6.22. The molecule has 0 aliphatic carbocycles. The normalized spacial score (nSPS) is 10.4. The fourth-order valence-electron chi connectivity index (χ4n) is 2.94. The van der Waals surface area contributed by atoms with Crippen molar-refractivity contribution in [2.45, 2.75) is 6.92 Å². The van der Waals surface area contributed by atoms with Gasteiger partial charge in [0.1, 0.15) is 16.4 Å². The van der Waals surface area contributed by atoms with Crippen LogP contribution in [0.1, 0.15) is 15.2 Å². The first kappa shape index (κ1) is 21.3. The highest BCUT2D eigenvalue weighted by Crippen LogP contribution is 2.40. The van der Waals surface area contributed by atoms with Gasteiger partial charge in [0, 0.05) is 10.4 Å². The smallest absolute Gasteiger partial charge is 0.341 e. The van der Waals surface area contributed by atoms with Gasteiger partial charge in [0.15, 0.2) is 18.1 Å². The summed E-state index contributed by atoms with van der Waals surface area (Å²) in [5.74, 6) is -0.491. The maximum atomic E-state index is 13.3. The van der Waals surface area contributed by atoms with E-state index in [0.29, 0.717) is 27.6 Å². The summed E-state index contributed by atoms with van der Waals surface area (Å²) in [6, 6.07) is 12.7. The zero-order valence-corrected chi connectivity index (χ0v) is 17.5. The first-order valence-corrected chi connectivity index (χ1v) is 9.79. The molecule has 0 radical (unpaired) electrons. The molecule has 0 saturated carbocycles. The van der Waals surface area contributed by atoms with Crippen molar-refractivity contribution >= 4 is 28.2 Å². The quantitative estimate of drug-likeness (QED) is 0.552. The number of benzene rings is 2. The number of rotatable bonds is 7. The number of thiophene rings is 1. The third-order valence-corrected chi connectivity index (χ3v) is 5.31. The number of methoxy groups -OCH3 is 2. The molecule has 0 unspecified atom stereocenters. The fraction of sp³-hybridized carbons (Fsp3) is 0.182. The highest BCUT2D eigenvalue weighted by molar-refractivity contribution is 7.17. The zero-order chi connectivity index (χ0) is 21.7. The molecule has 3 aromatic rings. The second kappa shape index (κ2) is 9.41. The average Bonchev–Trinajstić information content (AvgIpc) is 3.07. The summed E-state index contributed by atoms with van der Waals surface area (Å²) < 4.78 is 29.0. The highest BCUT2D eigenvalue weighted by atomic mass is 32.1. The van der Waals surface area contributed by atoms with Gasteiger partial charge in [-0.15, -0.1) is 11.3 Å². The zero-order valence-electron chi connectivity index (χ0n) is 16.7. The van der Waals surface area contributed by atoms with Crippen LogP contribution in [0.3, 0.4) is 0 Å². The third-order valence-electron chi connectivity index (χ3n) is 4.29. The first-order chi connectivity index (χ1) is 14.4. The van der Waals surface area contributed by atoms with E-state index in [0.717, 1.165) is 4.88 Å². The summed E-state index contributed by atoms with van der Waals surface area (Å²) >= 11 is 1.23. The number of carbonyl (C=O) groups excluding carboxylic acids is 2. The van der Waals surface area contributed by atoms with Crippen LogP contribution in [0.25, 0.3) is 11.1 Å². The Balaban J connectivity index is 1.85. The van der Waals surface area contributed by atoms with Crippen LogP contribution >= 0.6 is 11.3 Å². The van der Waals surface area contributed by atoms with E-state index in [1.807, 2.05) is 6.92 Å². The second-order valence-corrected chi connectivity index (χ2v) is 7.45. The van der Waals surface area contributed by atoms with E-state index < -0.39 is 11.9 Å². The van der Waals surface area contributed by atoms with Crippen molar-refractivity contribution in [3.8, 4) is 22.6 Å². The largest absolute Gasteiger partial charge is 0.493 e. The Bertz CT molecular complexity index is 1060. The monoisotopic (exact) mass is 429 g/mol. The van der Waals surface area contributed by atoms with Gasteiger partial charge in [-0.3, -0.25) is 4.79 Å². The predicted octanol–water partition coefficient (Wildman–Crippen LogP) is 4.68. The third kappa shape index (κ3) is 4.60. The summed E-state index contributed by atoms with van der Waals surface area (Å²) in [6.07, 6.45) is 0. The van der Waals surface area contributed by atoms with Crippen molar-refractivity contribution < 1.29 is 28.2 Å². The van der Waals surface area contributed by atoms with Gasteiger partial charge in [-0.1, -0.05) is 24.3 Å². The Kier molecular flexibility index (Phi) is 6.68. The summed E-state index contributed by atoms with van der Waals surface area (Å²) in [6.45, 7) is 1.54. The van der Waals surface area contributed by atoms with Gasteiger partial charge >= 0.3 is 5.97 Å². The highest BCUT2D eigenvalue weighted by Gasteiger charge is 2.25. The predicted molar refractivity (Wildman–Crippen MR) is 113 cm³/mol. The van der Waals surface area contributed by atoms with Crippen molar-refractivity contribution in [2.24, 2.45) is 0 Å². The Morgan fingerprint density at radius 2 is 1.70 bits per heavy atom. The average molecular weight is 429 g/mol. The van der Waals surface area contributed by atoms with E-state index in [1.165, 1.54) is 37.7 Å². The molecule has 3 rings (SSSR count). The van der Waals surface area contributed by atoms with Gasteiger partial charge in [0.05, 0.1) is 14.2 Å². The van der Waals surface area contributed by atoms with Gasteiger partial charge in [-0.05, 0) is 36.8 Å². The molecule has 0 atom stereocenters. The van der Waals surface area contributed by atoms with E-state index in [1.54, 1.807) is 36.4 Å². The molecule has 0 spiro atoms. The minimum atomic E-state index is -0.598.